The Morgan fingerprint density at radius 1 is 1.25 bits per heavy atom. The van der Waals surface area contributed by atoms with Crippen LogP contribution in [0.3, 0.4) is 0 Å². The summed E-state index contributed by atoms with van der Waals surface area (Å²) >= 11 is 0. The van der Waals surface area contributed by atoms with Gasteiger partial charge in [-0.15, -0.1) is 0 Å². The molecule has 6 rings (SSSR count). The van der Waals surface area contributed by atoms with Crippen molar-refractivity contribution in [3.63, 3.8) is 0 Å². The van der Waals surface area contributed by atoms with E-state index in [1.165, 1.54) is 55.5 Å². The van der Waals surface area contributed by atoms with Crippen LogP contribution in [0.1, 0.15) is 73.4 Å². The summed E-state index contributed by atoms with van der Waals surface area (Å²) in [5.41, 5.74) is 5.14. The molecule has 6 heteroatoms. The molecule has 1 atom stereocenters. The highest BCUT2D eigenvalue weighted by atomic mass is 16.5. The number of benzene rings is 1. The normalized spacial score (nSPS) is 23.8. The van der Waals surface area contributed by atoms with Gasteiger partial charge in [0.1, 0.15) is 12.4 Å². The highest BCUT2D eigenvalue weighted by Gasteiger charge is 2.59. The molecule has 3 fully saturated rings. The van der Waals surface area contributed by atoms with Gasteiger partial charge in [0.05, 0.1) is 12.2 Å². The van der Waals surface area contributed by atoms with E-state index in [1.54, 1.807) is 0 Å². The van der Waals surface area contributed by atoms with Gasteiger partial charge in [0.25, 0.3) is 0 Å². The summed E-state index contributed by atoms with van der Waals surface area (Å²) in [4.78, 5) is 17.6. The highest BCUT2D eigenvalue weighted by Crippen LogP contribution is 2.63. The van der Waals surface area contributed by atoms with E-state index in [0.717, 1.165) is 30.8 Å². The monoisotopic (exact) mass is 434 g/mol. The van der Waals surface area contributed by atoms with Crippen LogP contribution in [0.15, 0.2) is 24.3 Å². The molecular formula is C26H34N4O2. The van der Waals surface area contributed by atoms with Gasteiger partial charge in [-0.05, 0) is 68.3 Å². The summed E-state index contributed by atoms with van der Waals surface area (Å²) in [5, 5.41) is 7.67. The first-order valence-corrected chi connectivity index (χ1v) is 12.4. The molecule has 2 aromatic rings. The van der Waals surface area contributed by atoms with Gasteiger partial charge in [0, 0.05) is 42.7 Å². The Hall–Kier alpha value is -2.34. The van der Waals surface area contributed by atoms with Crippen LogP contribution in [0.4, 0.5) is 0 Å². The second kappa shape index (κ2) is 7.91. The molecule has 1 spiro atoms. The highest BCUT2D eigenvalue weighted by molar-refractivity contribution is 5.83. The number of nitrogens with zero attached hydrogens (tertiary/aromatic N) is 3. The van der Waals surface area contributed by atoms with E-state index in [0.29, 0.717) is 36.9 Å². The van der Waals surface area contributed by atoms with E-state index in [4.69, 9.17) is 4.74 Å². The van der Waals surface area contributed by atoms with Crippen molar-refractivity contribution in [1.82, 2.24) is 20.0 Å². The second-order valence-corrected chi connectivity index (χ2v) is 10.6. The minimum Gasteiger partial charge on any atom is -0.491 e. The standard InChI is InChI=1S/C26H34N4O2/c1-29(17-21-13-23(28-27-21)19-5-6-19)15-18-4-7-24-20(12-18)16-30(10-11-32-24)25(31)22-14-26(22)8-2-3-9-26/h4,7,12-13,19,22H,2-3,5-6,8-11,14-17H2,1H3,(H,27,28)/t22-/m1/s1. The summed E-state index contributed by atoms with van der Waals surface area (Å²) in [6, 6.07) is 8.70. The maximum atomic E-state index is 13.3. The Morgan fingerprint density at radius 2 is 2.09 bits per heavy atom. The van der Waals surface area contributed by atoms with Crippen LogP contribution in [0.5, 0.6) is 5.75 Å². The lowest BCUT2D eigenvalue weighted by atomic mass is 10.0. The molecule has 3 aliphatic carbocycles. The average molecular weight is 435 g/mol. The number of nitrogens with one attached hydrogen (secondary N) is 1. The SMILES string of the molecule is CN(Cc1ccc2c(c1)CN(C(=O)[C@H]1CC13CCCC3)CCO2)Cc1cc(C2CC2)n[nH]1. The van der Waals surface area contributed by atoms with Crippen molar-refractivity contribution < 1.29 is 9.53 Å². The van der Waals surface area contributed by atoms with Crippen molar-refractivity contribution in [3.05, 3.63) is 46.8 Å². The van der Waals surface area contributed by atoms with Crippen molar-refractivity contribution in [2.75, 3.05) is 20.2 Å². The van der Waals surface area contributed by atoms with Crippen molar-refractivity contribution in [2.24, 2.45) is 11.3 Å². The molecule has 32 heavy (non-hydrogen) atoms. The number of carbonyl (C=O) groups excluding carboxylic acids is 1. The Bertz CT molecular complexity index is 1010. The van der Waals surface area contributed by atoms with E-state index in [2.05, 4.69) is 51.3 Å². The molecule has 1 aromatic carbocycles. The molecule has 3 saturated carbocycles. The maximum absolute atomic E-state index is 13.3. The first kappa shape index (κ1) is 20.3. The molecule has 0 bridgehead atoms. The predicted octanol–water partition coefficient (Wildman–Crippen LogP) is 4.22. The third kappa shape index (κ3) is 3.94. The van der Waals surface area contributed by atoms with Crippen LogP contribution >= 0.6 is 0 Å². The zero-order valence-corrected chi connectivity index (χ0v) is 19.1. The maximum Gasteiger partial charge on any atom is 0.226 e. The van der Waals surface area contributed by atoms with E-state index >= 15 is 0 Å². The zero-order valence-electron chi connectivity index (χ0n) is 19.1. The second-order valence-electron chi connectivity index (χ2n) is 10.6. The number of aromatic amines is 1. The van der Waals surface area contributed by atoms with Crippen LogP contribution in [0, 0.1) is 11.3 Å². The molecule has 170 valence electrons. The first-order chi connectivity index (χ1) is 15.6. The fourth-order valence-corrected chi connectivity index (χ4v) is 5.99. The summed E-state index contributed by atoms with van der Waals surface area (Å²) in [6.07, 6.45) is 8.76. The third-order valence-electron chi connectivity index (χ3n) is 8.04. The van der Waals surface area contributed by atoms with E-state index in [9.17, 15) is 4.79 Å². The van der Waals surface area contributed by atoms with Gasteiger partial charge in [-0.3, -0.25) is 14.8 Å². The molecule has 4 aliphatic rings. The third-order valence-corrected chi connectivity index (χ3v) is 8.04. The van der Waals surface area contributed by atoms with Crippen LogP contribution in [0.2, 0.25) is 0 Å². The lowest BCUT2D eigenvalue weighted by molar-refractivity contribution is -0.134. The Balaban J connectivity index is 1.11. The molecule has 0 saturated heterocycles. The Morgan fingerprint density at radius 3 is 2.91 bits per heavy atom. The molecule has 1 amide bonds. The van der Waals surface area contributed by atoms with E-state index in [-0.39, 0.29) is 5.92 Å². The molecule has 2 heterocycles. The number of amides is 1. The number of rotatable bonds is 6. The Labute approximate surface area is 190 Å². The molecule has 1 aliphatic heterocycles. The topological polar surface area (TPSA) is 61.5 Å². The van der Waals surface area contributed by atoms with Crippen LogP contribution < -0.4 is 4.74 Å². The van der Waals surface area contributed by atoms with Crippen LogP contribution in [0.25, 0.3) is 0 Å². The fraction of sp³-hybridized carbons (Fsp3) is 0.615. The van der Waals surface area contributed by atoms with Gasteiger partial charge in [-0.1, -0.05) is 18.9 Å². The molecule has 6 nitrogen and oxygen atoms in total. The van der Waals surface area contributed by atoms with Gasteiger partial charge in [0.15, 0.2) is 0 Å². The van der Waals surface area contributed by atoms with Crippen LogP contribution in [-0.2, 0) is 24.4 Å². The number of ether oxygens (including phenoxy) is 1. The summed E-state index contributed by atoms with van der Waals surface area (Å²) in [5.74, 6) is 2.23. The minimum absolute atomic E-state index is 0.260. The van der Waals surface area contributed by atoms with Gasteiger partial charge in [-0.25, -0.2) is 0 Å². The minimum atomic E-state index is 0.260. The number of hydrogen-bond donors (Lipinski definition) is 1. The number of hydrogen-bond acceptors (Lipinski definition) is 4. The van der Waals surface area contributed by atoms with E-state index < -0.39 is 0 Å². The largest absolute Gasteiger partial charge is 0.491 e. The van der Waals surface area contributed by atoms with E-state index in [1.807, 2.05) is 0 Å². The van der Waals surface area contributed by atoms with Crippen molar-refractivity contribution in [2.45, 2.75) is 70.5 Å². The first-order valence-electron chi connectivity index (χ1n) is 12.4. The van der Waals surface area contributed by atoms with Gasteiger partial charge in [-0.2, -0.15) is 5.10 Å². The average Bonchev–Trinajstić information content (AvgIpc) is 3.65. The molecule has 0 unspecified atom stereocenters. The van der Waals surface area contributed by atoms with Crippen molar-refractivity contribution >= 4 is 5.91 Å². The van der Waals surface area contributed by atoms with Crippen LogP contribution in [-0.4, -0.2) is 46.1 Å². The number of carbonyl (C=O) groups is 1. The summed E-state index contributed by atoms with van der Waals surface area (Å²) in [6.45, 7) is 3.65. The van der Waals surface area contributed by atoms with Crippen molar-refractivity contribution in [3.8, 4) is 5.75 Å². The zero-order chi connectivity index (χ0) is 21.7. The summed E-state index contributed by atoms with van der Waals surface area (Å²) < 4.78 is 6.01. The summed E-state index contributed by atoms with van der Waals surface area (Å²) in [7, 11) is 2.14. The number of fused-ring (bicyclic) bond motifs is 1. The quantitative estimate of drug-likeness (QED) is 0.739. The lowest BCUT2D eigenvalue weighted by Crippen LogP contribution is -2.34. The molecular weight excluding hydrogens is 400 g/mol. The molecule has 1 aromatic heterocycles. The lowest BCUT2D eigenvalue weighted by Gasteiger charge is -2.22. The number of H-pyrrole nitrogens is 1. The Kier molecular flexibility index (Phi) is 5.01. The fourth-order valence-electron chi connectivity index (χ4n) is 5.99. The molecule has 1 N–H and O–H groups in total. The smallest absolute Gasteiger partial charge is 0.226 e. The van der Waals surface area contributed by atoms with Gasteiger partial charge < -0.3 is 9.64 Å². The van der Waals surface area contributed by atoms with Crippen molar-refractivity contribution in [1.29, 1.82) is 0 Å². The predicted molar refractivity (Wildman–Crippen MR) is 122 cm³/mol. The van der Waals surface area contributed by atoms with Gasteiger partial charge >= 0.3 is 0 Å². The number of aromatic nitrogens is 2. The molecule has 0 radical (unpaired) electrons. The van der Waals surface area contributed by atoms with Gasteiger partial charge in [0.2, 0.25) is 5.91 Å².